The van der Waals surface area contributed by atoms with E-state index in [0.717, 1.165) is 29.8 Å². The summed E-state index contributed by atoms with van der Waals surface area (Å²) in [7, 11) is -0.453. The van der Waals surface area contributed by atoms with Gasteiger partial charge in [0.1, 0.15) is 24.2 Å². The molecule has 3 aromatic heterocycles. The van der Waals surface area contributed by atoms with Gasteiger partial charge in [0.05, 0.1) is 29.1 Å². The third-order valence-corrected chi connectivity index (χ3v) is 8.42. The zero-order valence-corrected chi connectivity index (χ0v) is 18.6. The molecule has 0 spiro atoms. The molecule has 10 heteroatoms. The van der Waals surface area contributed by atoms with Crippen LogP contribution in [0.1, 0.15) is 18.4 Å². The molecular weight excluding hydrogens is 428 g/mol. The van der Waals surface area contributed by atoms with E-state index >= 15 is 0 Å². The smallest absolute Gasteiger partial charge is 0.138 e. The standard InChI is InChI=1S/C22H24N6O3S/c1-24-32(30)8-6-27(7-9-32)20-3-2-16(12-25-20)19-10-18(31-15-22(29)4-5-22)14-28-21(19)17(11-23)13-26-28/h2-3,10,12-14,29H,4-9,15H2,1H3. The minimum atomic E-state index is -2.08. The molecule has 2 aliphatic rings. The van der Waals surface area contributed by atoms with Gasteiger partial charge < -0.3 is 14.7 Å². The van der Waals surface area contributed by atoms with Crippen LogP contribution in [0.15, 0.2) is 41.2 Å². The maximum atomic E-state index is 12.4. The average Bonchev–Trinajstić information content (AvgIpc) is 3.42. The molecule has 1 saturated carbocycles. The van der Waals surface area contributed by atoms with Crippen molar-refractivity contribution < 1.29 is 14.1 Å². The number of aliphatic hydroxyl groups is 1. The van der Waals surface area contributed by atoms with Crippen molar-refractivity contribution in [3.8, 4) is 22.9 Å². The lowest BCUT2D eigenvalue weighted by molar-refractivity contribution is 0.0854. The van der Waals surface area contributed by atoms with Gasteiger partial charge >= 0.3 is 0 Å². The van der Waals surface area contributed by atoms with E-state index in [9.17, 15) is 14.6 Å². The molecule has 5 rings (SSSR count). The lowest BCUT2D eigenvalue weighted by Gasteiger charge is -2.29. The van der Waals surface area contributed by atoms with Gasteiger partial charge in [0.25, 0.3) is 0 Å². The number of fused-ring (bicyclic) bond motifs is 1. The summed E-state index contributed by atoms with van der Waals surface area (Å²) >= 11 is 0. The maximum absolute atomic E-state index is 12.4. The molecule has 1 aliphatic carbocycles. The Morgan fingerprint density at radius 3 is 2.72 bits per heavy atom. The Morgan fingerprint density at radius 1 is 1.31 bits per heavy atom. The van der Waals surface area contributed by atoms with E-state index in [1.807, 2.05) is 18.2 Å². The van der Waals surface area contributed by atoms with Crippen molar-refractivity contribution in [1.82, 2.24) is 14.6 Å². The molecule has 1 saturated heterocycles. The largest absolute Gasteiger partial charge is 0.489 e. The first kappa shape index (κ1) is 20.7. The second kappa shape index (κ2) is 7.76. The number of rotatable bonds is 5. The molecule has 0 atom stereocenters. The van der Waals surface area contributed by atoms with Crippen molar-refractivity contribution in [3.05, 3.63) is 42.4 Å². The van der Waals surface area contributed by atoms with Crippen LogP contribution in [-0.4, -0.2) is 67.8 Å². The van der Waals surface area contributed by atoms with Crippen LogP contribution >= 0.6 is 0 Å². The Morgan fingerprint density at radius 2 is 2.09 bits per heavy atom. The fourth-order valence-electron chi connectivity index (χ4n) is 3.85. The quantitative estimate of drug-likeness (QED) is 0.630. The summed E-state index contributed by atoms with van der Waals surface area (Å²) in [6.07, 6.45) is 6.50. The molecule has 0 unspecified atom stereocenters. The average molecular weight is 453 g/mol. The summed E-state index contributed by atoms with van der Waals surface area (Å²) in [6, 6.07) is 7.95. The topological polar surface area (TPSA) is 116 Å². The van der Waals surface area contributed by atoms with Crippen LogP contribution in [0.5, 0.6) is 5.75 Å². The van der Waals surface area contributed by atoms with Gasteiger partial charge in [0.15, 0.2) is 0 Å². The number of nitrogens with zero attached hydrogens (tertiary/aromatic N) is 6. The molecule has 0 amide bonds. The van der Waals surface area contributed by atoms with E-state index in [2.05, 4.69) is 25.4 Å². The summed E-state index contributed by atoms with van der Waals surface area (Å²) in [4.78, 5) is 6.75. The van der Waals surface area contributed by atoms with E-state index in [-0.39, 0.29) is 6.61 Å². The molecule has 4 heterocycles. The summed E-state index contributed by atoms with van der Waals surface area (Å²) in [6.45, 7) is 1.53. The molecule has 0 aromatic carbocycles. The summed E-state index contributed by atoms with van der Waals surface area (Å²) in [5.41, 5.74) is 2.02. The first-order chi connectivity index (χ1) is 15.4. The number of aromatic nitrogens is 3. The fourth-order valence-corrected chi connectivity index (χ4v) is 5.43. The molecule has 9 nitrogen and oxygen atoms in total. The van der Waals surface area contributed by atoms with Gasteiger partial charge in [0, 0.05) is 58.7 Å². The van der Waals surface area contributed by atoms with Gasteiger partial charge in [-0.2, -0.15) is 10.4 Å². The van der Waals surface area contributed by atoms with E-state index in [0.29, 0.717) is 41.4 Å². The van der Waals surface area contributed by atoms with Gasteiger partial charge in [-0.25, -0.2) is 18.1 Å². The van der Waals surface area contributed by atoms with E-state index in [4.69, 9.17) is 4.74 Å². The second-order valence-corrected chi connectivity index (χ2v) is 11.0. The Hall–Kier alpha value is -3.16. The van der Waals surface area contributed by atoms with Crippen molar-refractivity contribution in [3.63, 3.8) is 0 Å². The highest BCUT2D eigenvalue weighted by atomic mass is 32.2. The van der Waals surface area contributed by atoms with E-state index < -0.39 is 15.3 Å². The van der Waals surface area contributed by atoms with E-state index in [1.165, 1.54) is 6.20 Å². The lowest BCUT2D eigenvalue weighted by atomic mass is 10.1. The van der Waals surface area contributed by atoms with Crippen molar-refractivity contribution in [2.45, 2.75) is 18.4 Å². The minimum absolute atomic E-state index is 0.226. The van der Waals surface area contributed by atoms with Crippen LogP contribution in [0, 0.1) is 11.3 Å². The van der Waals surface area contributed by atoms with E-state index in [1.54, 1.807) is 24.0 Å². The molecule has 0 bridgehead atoms. The lowest BCUT2D eigenvalue weighted by Crippen LogP contribution is -2.40. The van der Waals surface area contributed by atoms with Crippen LogP contribution < -0.4 is 9.64 Å². The number of ether oxygens (including phenoxy) is 1. The van der Waals surface area contributed by atoms with Gasteiger partial charge in [0.2, 0.25) is 0 Å². The van der Waals surface area contributed by atoms with Crippen molar-refractivity contribution in [2.75, 3.05) is 43.1 Å². The third kappa shape index (κ3) is 3.89. The monoisotopic (exact) mass is 452 g/mol. The third-order valence-electron chi connectivity index (χ3n) is 6.12. The highest BCUT2D eigenvalue weighted by Gasteiger charge is 2.41. The normalized spacial score (nSPS) is 18.8. The first-order valence-electron chi connectivity index (χ1n) is 10.5. The van der Waals surface area contributed by atoms with Crippen molar-refractivity contribution in [1.29, 1.82) is 5.26 Å². The molecular formula is C22H24N6O3S. The number of anilines is 1. The molecule has 3 aromatic rings. The molecule has 1 N–H and O–H groups in total. The molecule has 1 aliphatic heterocycles. The molecule has 32 heavy (non-hydrogen) atoms. The second-order valence-electron chi connectivity index (χ2n) is 8.32. The predicted octanol–water partition coefficient (Wildman–Crippen LogP) is 2.09. The highest BCUT2D eigenvalue weighted by molar-refractivity contribution is 7.93. The first-order valence-corrected chi connectivity index (χ1v) is 12.4. The zero-order chi connectivity index (χ0) is 22.3. The Kier molecular flexibility index (Phi) is 5.03. The summed E-state index contributed by atoms with van der Waals surface area (Å²) < 4.78 is 24.0. The van der Waals surface area contributed by atoms with Crippen molar-refractivity contribution >= 4 is 21.1 Å². The van der Waals surface area contributed by atoms with Gasteiger partial charge in [-0.1, -0.05) is 0 Å². The van der Waals surface area contributed by atoms with Crippen LogP contribution in [0.4, 0.5) is 5.82 Å². The molecule has 0 radical (unpaired) electrons. The van der Waals surface area contributed by atoms with Gasteiger partial charge in [-0.3, -0.25) is 0 Å². The fraction of sp³-hybridized carbons (Fsp3) is 0.409. The zero-order valence-electron chi connectivity index (χ0n) is 17.8. The Balaban J connectivity index is 1.46. The molecule has 2 fully saturated rings. The van der Waals surface area contributed by atoms with Crippen LogP contribution in [0.25, 0.3) is 16.6 Å². The number of pyridine rings is 2. The number of hydrogen-bond acceptors (Lipinski definition) is 8. The molecule has 166 valence electrons. The van der Waals surface area contributed by atoms with Gasteiger partial charge in [-0.05, 0) is 31.0 Å². The van der Waals surface area contributed by atoms with Crippen LogP contribution in [-0.2, 0) is 9.73 Å². The summed E-state index contributed by atoms with van der Waals surface area (Å²) in [5, 5.41) is 23.9. The Bertz CT molecular complexity index is 1320. The highest BCUT2D eigenvalue weighted by Crippen LogP contribution is 2.36. The van der Waals surface area contributed by atoms with Crippen molar-refractivity contribution in [2.24, 2.45) is 4.36 Å². The van der Waals surface area contributed by atoms with Crippen LogP contribution in [0.3, 0.4) is 0 Å². The maximum Gasteiger partial charge on any atom is 0.138 e. The van der Waals surface area contributed by atoms with Gasteiger partial charge in [-0.15, -0.1) is 0 Å². The van der Waals surface area contributed by atoms with Crippen LogP contribution in [0.2, 0.25) is 0 Å². The summed E-state index contributed by atoms with van der Waals surface area (Å²) in [5.74, 6) is 2.47. The Labute approximate surface area is 186 Å². The number of hydrogen-bond donors (Lipinski definition) is 1. The predicted molar refractivity (Wildman–Crippen MR) is 121 cm³/mol. The minimum Gasteiger partial charge on any atom is -0.489 e. The number of nitriles is 1. The SMILES string of the molecule is CN=S1(=O)CCN(c2ccc(-c3cc(OCC4(O)CC4)cn4ncc(C#N)c34)cn2)CC1.